The zero-order valence-electron chi connectivity index (χ0n) is 14.7. The van der Waals surface area contributed by atoms with E-state index in [-0.39, 0.29) is 5.97 Å². The minimum Gasteiger partial charge on any atom is -0.465 e. The van der Waals surface area contributed by atoms with E-state index in [1.54, 1.807) is 11.3 Å². The molecule has 0 spiro atoms. The number of pyridine rings is 1. The number of nitrogens with one attached hydrogen (secondary N) is 1. The molecule has 136 valence electrons. The van der Waals surface area contributed by atoms with Crippen LogP contribution in [-0.2, 0) is 10.5 Å². The minimum atomic E-state index is -0.379. The van der Waals surface area contributed by atoms with E-state index in [0.29, 0.717) is 22.2 Å². The highest BCUT2D eigenvalue weighted by atomic mass is 32.2. The van der Waals surface area contributed by atoms with Gasteiger partial charge in [-0.1, -0.05) is 36.0 Å². The fraction of sp³-hybridized carbons (Fsp3) is 0.158. The van der Waals surface area contributed by atoms with Gasteiger partial charge in [-0.25, -0.2) is 9.78 Å². The number of carbonyl (C=O) groups excluding carboxylic acids is 1. The molecule has 0 aliphatic carbocycles. The lowest BCUT2D eigenvalue weighted by Crippen LogP contribution is -2.10. The topological polar surface area (TPSA) is 80.8 Å². The van der Waals surface area contributed by atoms with Gasteiger partial charge in [0, 0.05) is 11.1 Å². The lowest BCUT2D eigenvalue weighted by molar-refractivity contribution is 0.0598. The van der Waals surface area contributed by atoms with Crippen LogP contribution in [0.1, 0.15) is 21.6 Å². The van der Waals surface area contributed by atoms with Crippen LogP contribution < -0.4 is 0 Å². The fourth-order valence-electron chi connectivity index (χ4n) is 2.89. The normalized spacial score (nSPS) is 11.0. The summed E-state index contributed by atoms with van der Waals surface area (Å²) < 4.78 is 4.99. The van der Waals surface area contributed by atoms with Crippen molar-refractivity contribution in [2.24, 2.45) is 0 Å². The quantitative estimate of drug-likeness (QED) is 0.396. The number of aromatic amines is 1. The zero-order chi connectivity index (χ0) is 18.8. The summed E-state index contributed by atoms with van der Waals surface area (Å²) in [6.07, 6.45) is 0. The molecule has 0 saturated heterocycles. The van der Waals surface area contributed by atoms with E-state index in [2.05, 4.69) is 15.2 Å². The minimum absolute atomic E-state index is 0.379. The number of thioether (sulfide) groups is 1. The molecule has 0 amide bonds. The number of benzene rings is 1. The molecular formula is C19H16N4O2S2. The van der Waals surface area contributed by atoms with Crippen LogP contribution in [0.2, 0.25) is 0 Å². The summed E-state index contributed by atoms with van der Waals surface area (Å²) in [6.45, 7) is 1.92. The first-order valence-corrected chi connectivity index (χ1v) is 10.1. The summed E-state index contributed by atoms with van der Waals surface area (Å²) >= 11 is 3.03. The Morgan fingerprint density at radius 3 is 2.85 bits per heavy atom. The predicted octanol–water partition coefficient (Wildman–Crippen LogP) is 4.47. The molecule has 4 rings (SSSR count). The highest BCUT2D eigenvalue weighted by Crippen LogP contribution is 2.29. The Morgan fingerprint density at radius 1 is 1.22 bits per heavy atom. The largest absolute Gasteiger partial charge is 0.465 e. The van der Waals surface area contributed by atoms with Gasteiger partial charge in [0.05, 0.1) is 28.8 Å². The zero-order valence-corrected chi connectivity index (χ0v) is 16.4. The number of nitrogens with zero attached hydrogens (tertiary/aromatic N) is 3. The van der Waals surface area contributed by atoms with Gasteiger partial charge in [-0.3, -0.25) is 10.1 Å². The van der Waals surface area contributed by atoms with Crippen molar-refractivity contribution in [2.45, 2.75) is 17.8 Å². The first-order chi connectivity index (χ1) is 13.2. The van der Waals surface area contributed by atoms with Crippen molar-refractivity contribution in [3.8, 4) is 10.7 Å². The molecule has 8 heteroatoms. The maximum absolute atomic E-state index is 12.4. The molecule has 0 aliphatic rings. The molecule has 0 unspecified atom stereocenters. The van der Waals surface area contributed by atoms with Gasteiger partial charge in [0.2, 0.25) is 5.16 Å². The van der Waals surface area contributed by atoms with Gasteiger partial charge in [-0.15, -0.1) is 16.4 Å². The van der Waals surface area contributed by atoms with Crippen LogP contribution in [0.15, 0.2) is 46.9 Å². The van der Waals surface area contributed by atoms with E-state index in [4.69, 9.17) is 9.72 Å². The monoisotopic (exact) mass is 396 g/mol. The Morgan fingerprint density at radius 2 is 2.07 bits per heavy atom. The first-order valence-electron chi connectivity index (χ1n) is 8.23. The maximum Gasteiger partial charge on any atom is 0.340 e. The van der Waals surface area contributed by atoms with Gasteiger partial charge < -0.3 is 4.74 Å². The number of hydrogen-bond acceptors (Lipinski definition) is 7. The molecular weight excluding hydrogens is 380 g/mol. The number of rotatable bonds is 5. The van der Waals surface area contributed by atoms with E-state index in [9.17, 15) is 4.79 Å². The number of ether oxygens (including phenoxy) is 1. The molecule has 0 aliphatic heterocycles. The molecule has 6 nitrogen and oxygen atoms in total. The Labute approximate surface area is 164 Å². The highest BCUT2D eigenvalue weighted by molar-refractivity contribution is 7.98. The van der Waals surface area contributed by atoms with E-state index >= 15 is 0 Å². The molecule has 3 aromatic heterocycles. The summed E-state index contributed by atoms with van der Waals surface area (Å²) in [5.41, 5.74) is 2.91. The summed E-state index contributed by atoms with van der Waals surface area (Å²) in [5, 5.41) is 10.8. The Balaban J connectivity index is 1.66. The van der Waals surface area contributed by atoms with Crippen molar-refractivity contribution >= 4 is 40.0 Å². The predicted molar refractivity (Wildman–Crippen MR) is 107 cm³/mol. The number of carbonyl (C=O) groups is 1. The van der Waals surface area contributed by atoms with Crippen LogP contribution in [-0.4, -0.2) is 33.2 Å². The molecule has 0 radical (unpaired) electrons. The molecule has 27 heavy (non-hydrogen) atoms. The average molecular weight is 396 g/mol. The maximum atomic E-state index is 12.4. The molecule has 0 atom stereocenters. The number of H-pyrrole nitrogens is 1. The van der Waals surface area contributed by atoms with Crippen LogP contribution >= 0.6 is 23.1 Å². The molecule has 1 N–H and O–H groups in total. The second kappa shape index (κ2) is 7.50. The first kappa shape index (κ1) is 17.7. The SMILES string of the molecule is COC(=O)c1c(CSc2n[nH]c(-c3cccs3)n2)nc2ccccc2c1C. The van der Waals surface area contributed by atoms with Crippen LogP contribution in [0.3, 0.4) is 0 Å². The van der Waals surface area contributed by atoms with Crippen LogP contribution in [0.5, 0.6) is 0 Å². The second-order valence-electron chi connectivity index (χ2n) is 5.80. The fourth-order valence-corrected chi connectivity index (χ4v) is 4.29. The van der Waals surface area contributed by atoms with E-state index in [1.165, 1.54) is 18.9 Å². The van der Waals surface area contributed by atoms with E-state index in [1.807, 2.05) is 48.7 Å². The number of hydrogen-bond donors (Lipinski definition) is 1. The van der Waals surface area contributed by atoms with Crippen molar-refractivity contribution in [2.75, 3.05) is 7.11 Å². The molecule has 4 aromatic rings. The number of fused-ring (bicyclic) bond motifs is 1. The van der Waals surface area contributed by atoms with Crippen molar-refractivity contribution in [1.82, 2.24) is 20.2 Å². The molecule has 0 bridgehead atoms. The van der Waals surface area contributed by atoms with Gasteiger partial charge in [-0.2, -0.15) is 0 Å². The smallest absolute Gasteiger partial charge is 0.340 e. The molecule has 0 fully saturated rings. The average Bonchev–Trinajstić information content (AvgIpc) is 3.37. The number of aromatic nitrogens is 4. The number of aryl methyl sites for hydroxylation is 1. The molecule has 0 saturated carbocycles. The summed E-state index contributed by atoms with van der Waals surface area (Å²) in [7, 11) is 1.39. The Hall–Kier alpha value is -2.71. The van der Waals surface area contributed by atoms with Crippen molar-refractivity contribution in [3.05, 3.63) is 58.6 Å². The van der Waals surface area contributed by atoms with Crippen molar-refractivity contribution in [1.29, 1.82) is 0 Å². The van der Waals surface area contributed by atoms with Gasteiger partial charge in [0.25, 0.3) is 0 Å². The summed E-state index contributed by atoms with van der Waals surface area (Å²) in [4.78, 5) is 22.6. The number of esters is 1. The Kier molecular flexibility index (Phi) is 4.91. The molecule has 1 aromatic carbocycles. The van der Waals surface area contributed by atoms with Crippen LogP contribution in [0, 0.1) is 6.92 Å². The second-order valence-corrected chi connectivity index (χ2v) is 7.69. The van der Waals surface area contributed by atoms with Gasteiger partial charge in [-0.05, 0) is 30.0 Å². The van der Waals surface area contributed by atoms with Crippen molar-refractivity contribution in [3.63, 3.8) is 0 Å². The molecule has 3 heterocycles. The Bertz CT molecular complexity index is 1110. The van der Waals surface area contributed by atoms with Gasteiger partial charge in [0.15, 0.2) is 5.82 Å². The standard InChI is InChI=1S/C19H16N4O2S2/c1-11-12-6-3-4-7-13(12)20-14(16(11)18(24)25-2)10-27-19-21-17(22-23-19)15-8-5-9-26-15/h3-9H,10H2,1-2H3,(H,21,22,23). The summed E-state index contributed by atoms with van der Waals surface area (Å²) in [5.74, 6) is 0.830. The number of thiophene rings is 1. The third kappa shape index (κ3) is 3.45. The van der Waals surface area contributed by atoms with Gasteiger partial charge >= 0.3 is 5.97 Å². The number of para-hydroxylation sites is 1. The third-order valence-electron chi connectivity index (χ3n) is 4.17. The van der Waals surface area contributed by atoms with Gasteiger partial charge in [0.1, 0.15) is 0 Å². The van der Waals surface area contributed by atoms with Crippen LogP contribution in [0.25, 0.3) is 21.6 Å². The summed E-state index contributed by atoms with van der Waals surface area (Å²) in [6, 6.07) is 11.7. The third-order valence-corrected chi connectivity index (χ3v) is 5.91. The van der Waals surface area contributed by atoms with Crippen molar-refractivity contribution < 1.29 is 9.53 Å². The number of methoxy groups -OCH3 is 1. The lowest BCUT2D eigenvalue weighted by Gasteiger charge is -2.12. The van der Waals surface area contributed by atoms with Crippen LogP contribution in [0.4, 0.5) is 0 Å². The highest BCUT2D eigenvalue weighted by Gasteiger charge is 2.20. The van der Waals surface area contributed by atoms with E-state index in [0.717, 1.165) is 27.2 Å². The lowest BCUT2D eigenvalue weighted by atomic mass is 10.0. The van der Waals surface area contributed by atoms with E-state index < -0.39 is 0 Å².